The third kappa shape index (κ3) is 4.07. The first-order chi connectivity index (χ1) is 12.4. The van der Waals surface area contributed by atoms with E-state index < -0.39 is 17.5 Å². The molecule has 0 saturated carbocycles. The zero-order valence-corrected chi connectivity index (χ0v) is 14.5. The number of carbonyl (C=O) groups is 2. The Bertz CT molecular complexity index is 821. The molecular weight excluding hydrogens is 338 g/mol. The Labute approximate surface area is 150 Å². The van der Waals surface area contributed by atoms with Crippen molar-refractivity contribution >= 4 is 17.5 Å². The lowest BCUT2D eigenvalue weighted by Gasteiger charge is -2.32. The Morgan fingerprint density at radius 2 is 1.81 bits per heavy atom. The molecule has 0 radical (unpaired) electrons. The van der Waals surface area contributed by atoms with Crippen LogP contribution in [-0.2, 0) is 4.79 Å². The van der Waals surface area contributed by atoms with Gasteiger partial charge in [0.15, 0.2) is 11.6 Å². The molecule has 3 rings (SSSR count). The monoisotopic (exact) mass is 358 g/mol. The van der Waals surface area contributed by atoms with Crippen LogP contribution in [-0.4, -0.2) is 29.8 Å². The first kappa shape index (κ1) is 18.0. The van der Waals surface area contributed by atoms with E-state index >= 15 is 0 Å². The molecule has 0 aromatic heterocycles. The average molecular weight is 358 g/mol. The van der Waals surface area contributed by atoms with E-state index in [1.54, 1.807) is 0 Å². The topological polar surface area (TPSA) is 49.4 Å². The van der Waals surface area contributed by atoms with Crippen LogP contribution < -0.4 is 5.32 Å². The smallest absolute Gasteiger partial charge is 0.253 e. The number of nitrogens with one attached hydrogen (secondary N) is 1. The fraction of sp³-hybridized carbons (Fsp3) is 0.300. The second-order valence-corrected chi connectivity index (χ2v) is 6.57. The highest BCUT2D eigenvalue weighted by atomic mass is 19.2. The molecule has 0 aliphatic carbocycles. The molecule has 1 unspecified atom stereocenters. The predicted octanol–water partition coefficient (Wildman–Crippen LogP) is 3.76. The molecule has 4 nitrogen and oxygen atoms in total. The van der Waals surface area contributed by atoms with Gasteiger partial charge < -0.3 is 10.2 Å². The highest BCUT2D eigenvalue weighted by Crippen LogP contribution is 2.21. The minimum atomic E-state index is -1.05. The molecule has 6 heteroatoms. The molecule has 1 aliphatic rings. The molecule has 2 aromatic rings. The van der Waals surface area contributed by atoms with Crippen LogP contribution in [0.25, 0.3) is 0 Å². The number of benzene rings is 2. The van der Waals surface area contributed by atoms with Gasteiger partial charge in [-0.3, -0.25) is 9.59 Å². The molecule has 2 aromatic carbocycles. The molecule has 1 atom stereocenters. The van der Waals surface area contributed by atoms with Crippen molar-refractivity contribution in [1.82, 2.24) is 4.90 Å². The average Bonchev–Trinajstić information content (AvgIpc) is 2.65. The van der Waals surface area contributed by atoms with Crippen molar-refractivity contribution in [1.29, 1.82) is 0 Å². The van der Waals surface area contributed by atoms with E-state index in [0.717, 1.165) is 17.7 Å². The summed E-state index contributed by atoms with van der Waals surface area (Å²) in [6.07, 6.45) is 1.36. The van der Waals surface area contributed by atoms with Crippen LogP contribution in [0.15, 0.2) is 42.5 Å². The van der Waals surface area contributed by atoms with Gasteiger partial charge in [-0.2, -0.15) is 0 Å². The summed E-state index contributed by atoms with van der Waals surface area (Å²) in [4.78, 5) is 26.6. The molecule has 26 heavy (non-hydrogen) atoms. The Morgan fingerprint density at radius 3 is 2.50 bits per heavy atom. The molecule has 1 N–H and O–H groups in total. The number of nitrogens with zero attached hydrogens (tertiary/aromatic N) is 1. The van der Waals surface area contributed by atoms with Gasteiger partial charge in [0.1, 0.15) is 0 Å². The number of hydrogen-bond acceptors (Lipinski definition) is 2. The van der Waals surface area contributed by atoms with Crippen molar-refractivity contribution < 1.29 is 18.4 Å². The van der Waals surface area contributed by atoms with Gasteiger partial charge in [-0.25, -0.2) is 8.78 Å². The highest BCUT2D eigenvalue weighted by molar-refractivity contribution is 5.96. The number of carbonyl (C=O) groups excluding carboxylic acids is 2. The number of amides is 2. The van der Waals surface area contributed by atoms with Gasteiger partial charge in [0.2, 0.25) is 5.91 Å². The molecule has 1 aliphatic heterocycles. The molecule has 0 spiro atoms. The van der Waals surface area contributed by atoms with Gasteiger partial charge in [-0.15, -0.1) is 0 Å². The minimum absolute atomic E-state index is 0.0866. The van der Waals surface area contributed by atoms with Crippen LogP contribution >= 0.6 is 0 Å². The van der Waals surface area contributed by atoms with Gasteiger partial charge in [0.05, 0.1) is 5.92 Å². The zero-order valence-electron chi connectivity index (χ0n) is 14.5. The normalized spacial score (nSPS) is 17.0. The summed E-state index contributed by atoms with van der Waals surface area (Å²) in [7, 11) is 0. The summed E-state index contributed by atoms with van der Waals surface area (Å²) in [5.41, 5.74) is 1.90. The van der Waals surface area contributed by atoms with Crippen LogP contribution in [0.1, 0.15) is 28.8 Å². The van der Waals surface area contributed by atoms with Crippen LogP contribution in [0, 0.1) is 24.5 Å². The zero-order chi connectivity index (χ0) is 18.7. The largest absolute Gasteiger partial charge is 0.338 e. The fourth-order valence-electron chi connectivity index (χ4n) is 3.07. The summed E-state index contributed by atoms with van der Waals surface area (Å²) in [6, 6.07) is 10.6. The second kappa shape index (κ2) is 7.64. The van der Waals surface area contributed by atoms with E-state index in [2.05, 4.69) is 5.32 Å². The summed E-state index contributed by atoms with van der Waals surface area (Å²) < 4.78 is 26.4. The SMILES string of the molecule is Cc1ccc(NC(=O)C2CCCN(C(=O)c3ccc(F)c(F)c3)C2)cc1. The van der Waals surface area contributed by atoms with E-state index in [4.69, 9.17) is 0 Å². The van der Waals surface area contributed by atoms with Crippen molar-refractivity contribution in [3.63, 3.8) is 0 Å². The molecular formula is C20H20F2N2O2. The molecule has 136 valence electrons. The van der Waals surface area contributed by atoms with E-state index in [0.29, 0.717) is 25.1 Å². The first-order valence-electron chi connectivity index (χ1n) is 8.56. The number of aryl methyl sites for hydroxylation is 1. The van der Waals surface area contributed by atoms with Crippen LogP contribution in [0.4, 0.5) is 14.5 Å². The summed E-state index contributed by atoms with van der Waals surface area (Å²) in [5, 5.41) is 2.87. The lowest BCUT2D eigenvalue weighted by atomic mass is 9.96. The summed E-state index contributed by atoms with van der Waals surface area (Å²) in [5.74, 6) is -2.91. The van der Waals surface area contributed by atoms with Crippen molar-refractivity contribution in [2.75, 3.05) is 18.4 Å². The number of likely N-dealkylation sites (tertiary alicyclic amines) is 1. The van der Waals surface area contributed by atoms with Crippen LogP contribution in [0.2, 0.25) is 0 Å². The van der Waals surface area contributed by atoms with Gasteiger partial charge in [-0.1, -0.05) is 17.7 Å². The van der Waals surface area contributed by atoms with Gasteiger partial charge in [-0.05, 0) is 50.1 Å². The van der Waals surface area contributed by atoms with Gasteiger partial charge in [0.25, 0.3) is 5.91 Å². The van der Waals surface area contributed by atoms with E-state index in [-0.39, 0.29) is 23.9 Å². The highest BCUT2D eigenvalue weighted by Gasteiger charge is 2.29. The summed E-state index contributed by atoms with van der Waals surface area (Å²) >= 11 is 0. The minimum Gasteiger partial charge on any atom is -0.338 e. The fourth-order valence-corrected chi connectivity index (χ4v) is 3.07. The standard InChI is InChI=1S/C20H20F2N2O2/c1-13-4-7-16(8-5-13)23-19(25)15-3-2-10-24(12-15)20(26)14-6-9-17(21)18(22)11-14/h4-9,11,15H,2-3,10,12H2,1H3,(H,23,25). The van der Waals surface area contributed by atoms with Crippen molar-refractivity contribution in [3.05, 3.63) is 65.2 Å². The number of piperidine rings is 1. The third-order valence-corrected chi connectivity index (χ3v) is 4.57. The lowest BCUT2D eigenvalue weighted by molar-refractivity contribution is -0.121. The van der Waals surface area contributed by atoms with E-state index in [1.807, 2.05) is 31.2 Å². The Kier molecular flexibility index (Phi) is 5.30. The Morgan fingerprint density at radius 1 is 1.08 bits per heavy atom. The second-order valence-electron chi connectivity index (χ2n) is 6.57. The number of anilines is 1. The first-order valence-corrected chi connectivity index (χ1v) is 8.56. The number of halogens is 2. The van der Waals surface area contributed by atoms with Crippen molar-refractivity contribution in [2.45, 2.75) is 19.8 Å². The Balaban J connectivity index is 1.66. The maximum Gasteiger partial charge on any atom is 0.253 e. The molecule has 1 heterocycles. The maximum atomic E-state index is 13.4. The van der Waals surface area contributed by atoms with Crippen LogP contribution in [0.3, 0.4) is 0 Å². The quantitative estimate of drug-likeness (QED) is 0.908. The number of rotatable bonds is 3. The maximum absolute atomic E-state index is 13.4. The lowest BCUT2D eigenvalue weighted by Crippen LogP contribution is -2.43. The van der Waals surface area contributed by atoms with Crippen molar-refractivity contribution in [2.24, 2.45) is 5.92 Å². The van der Waals surface area contributed by atoms with E-state index in [9.17, 15) is 18.4 Å². The molecule has 0 bridgehead atoms. The van der Waals surface area contributed by atoms with Gasteiger partial charge in [0, 0.05) is 24.3 Å². The Hall–Kier alpha value is -2.76. The molecule has 1 saturated heterocycles. The molecule has 2 amide bonds. The van der Waals surface area contributed by atoms with Crippen molar-refractivity contribution in [3.8, 4) is 0 Å². The third-order valence-electron chi connectivity index (χ3n) is 4.57. The molecule has 1 fully saturated rings. The number of hydrogen-bond donors (Lipinski definition) is 1. The van der Waals surface area contributed by atoms with Crippen LogP contribution in [0.5, 0.6) is 0 Å². The van der Waals surface area contributed by atoms with E-state index in [1.165, 1.54) is 11.0 Å². The summed E-state index contributed by atoms with van der Waals surface area (Å²) in [6.45, 7) is 2.72. The van der Waals surface area contributed by atoms with Gasteiger partial charge >= 0.3 is 0 Å². The predicted molar refractivity (Wildman–Crippen MR) is 94.8 cm³/mol.